The van der Waals surface area contributed by atoms with E-state index < -0.39 is 0 Å². The predicted octanol–water partition coefficient (Wildman–Crippen LogP) is 0.668. The van der Waals surface area contributed by atoms with E-state index in [1.807, 2.05) is 6.07 Å². The molecule has 6 heteroatoms. The van der Waals surface area contributed by atoms with Gasteiger partial charge in [0.25, 0.3) is 0 Å². The maximum atomic E-state index is 11.7. The van der Waals surface area contributed by atoms with Crippen LogP contribution in [0.15, 0.2) is 24.3 Å². The molecule has 0 aromatic heterocycles. The highest BCUT2D eigenvalue weighted by molar-refractivity contribution is 5.89. The number of anilines is 1. The van der Waals surface area contributed by atoms with Crippen molar-refractivity contribution in [2.75, 3.05) is 31.6 Å². The molecular weight excluding hydrogens is 244 g/mol. The maximum Gasteiger partial charge on any atom is 0.319 e. The molecule has 0 saturated carbocycles. The zero-order valence-corrected chi connectivity index (χ0v) is 10.5. The molecular formula is C13H16N4O2. The Kier molecular flexibility index (Phi) is 4.72. The summed E-state index contributed by atoms with van der Waals surface area (Å²) in [6.45, 7) is 2.71. The number of rotatable bonds is 3. The number of morpholine rings is 1. The van der Waals surface area contributed by atoms with E-state index in [9.17, 15) is 4.79 Å². The van der Waals surface area contributed by atoms with E-state index in [1.165, 1.54) is 0 Å². The highest BCUT2D eigenvalue weighted by atomic mass is 16.5. The zero-order chi connectivity index (χ0) is 13.5. The number of benzene rings is 1. The first-order valence-electron chi connectivity index (χ1n) is 6.15. The Morgan fingerprint density at radius 3 is 3.21 bits per heavy atom. The number of ether oxygens (including phenoxy) is 1. The largest absolute Gasteiger partial charge is 0.374 e. The van der Waals surface area contributed by atoms with Crippen molar-refractivity contribution in [1.29, 1.82) is 5.26 Å². The summed E-state index contributed by atoms with van der Waals surface area (Å²) >= 11 is 0. The molecule has 0 radical (unpaired) electrons. The minimum atomic E-state index is -0.302. The highest BCUT2D eigenvalue weighted by Crippen LogP contribution is 2.09. The molecule has 1 unspecified atom stereocenters. The fraction of sp³-hybridized carbons (Fsp3) is 0.385. The van der Waals surface area contributed by atoms with Crippen LogP contribution in [-0.4, -0.2) is 38.4 Å². The van der Waals surface area contributed by atoms with Gasteiger partial charge in [0.1, 0.15) is 0 Å². The Hall–Kier alpha value is -2.10. The number of hydrogen-bond donors (Lipinski definition) is 3. The summed E-state index contributed by atoms with van der Waals surface area (Å²) in [5.74, 6) is 0. The third-order valence-corrected chi connectivity index (χ3v) is 2.74. The first kappa shape index (κ1) is 13.3. The van der Waals surface area contributed by atoms with Gasteiger partial charge in [0.2, 0.25) is 0 Å². The summed E-state index contributed by atoms with van der Waals surface area (Å²) in [5, 5.41) is 17.4. The molecule has 1 aromatic rings. The first-order chi connectivity index (χ1) is 9.28. The van der Waals surface area contributed by atoms with Crippen LogP contribution in [0.25, 0.3) is 0 Å². The Morgan fingerprint density at radius 1 is 1.58 bits per heavy atom. The SMILES string of the molecule is N#Cc1cccc(NC(=O)NCC2CNCCO2)c1. The summed E-state index contributed by atoms with van der Waals surface area (Å²) in [4.78, 5) is 11.7. The van der Waals surface area contributed by atoms with Crippen LogP contribution in [0.5, 0.6) is 0 Å². The van der Waals surface area contributed by atoms with E-state index in [-0.39, 0.29) is 12.1 Å². The molecule has 0 aliphatic carbocycles. The Labute approximate surface area is 111 Å². The van der Waals surface area contributed by atoms with Crippen molar-refractivity contribution in [1.82, 2.24) is 10.6 Å². The molecule has 2 amide bonds. The first-order valence-corrected chi connectivity index (χ1v) is 6.15. The summed E-state index contributed by atoms with van der Waals surface area (Å²) in [5.41, 5.74) is 1.11. The van der Waals surface area contributed by atoms with Gasteiger partial charge in [0, 0.05) is 25.3 Å². The number of hydrogen-bond acceptors (Lipinski definition) is 4. The molecule has 6 nitrogen and oxygen atoms in total. The summed E-state index contributed by atoms with van der Waals surface area (Å²) in [7, 11) is 0. The third kappa shape index (κ3) is 4.25. The molecule has 1 heterocycles. The topological polar surface area (TPSA) is 86.2 Å². The molecule has 19 heavy (non-hydrogen) atoms. The molecule has 1 aliphatic heterocycles. The Morgan fingerprint density at radius 2 is 2.47 bits per heavy atom. The van der Waals surface area contributed by atoms with Gasteiger partial charge in [-0.2, -0.15) is 5.26 Å². The summed E-state index contributed by atoms with van der Waals surface area (Å²) < 4.78 is 5.47. The molecule has 100 valence electrons. The normalized spacial score (nSPS) is 18.4. The van der Waals surface area contributed by atoms with Crippen molar-refractivity contribution >= 4 is 11.7 Å². The van der Waals surface area contributed by atoms with E-state index in [0.29, 0.717) is 24.4 Å². The minimum Gasteiger partial charge on any atom is -0.374 e. The standard InChI is InChI=1S/C13H16N4O2/c14-7-10-2-1-3-11(6-10)17-13(18)16-9-12-8-15-4-5-19-12/h1-3,6,12,15H,4-5,8-9H2,(H2,16,17,18). The van der Waals surface area contributed by atoms with Crippen LogP contribution >= 0.6 is 0 Å². The van der Waals surface area contributed by atoms with Crippen molar-refractivity contribution in [3.05, 3.63) is 29.8 Å². The molecule has 0 spiro atoms. The molecule has 1 aliphatic rings. The number of nitrogens with one attached hydrogen (secondary N) is 3. The van der Waals surface area contributed by atoms with Crippen molar-refractivity contribution in [3.8, 4) is 6.07 Å². The molecule has 2 rings (SSSR count). The quantitative estimate of drug-likeness (QED) is 0.745. The minimum absolute atomic E-state index is 0.00458. The van der Waals surface area contributed by atoms with E-state index in [1.54, 1.807) is 24.3 Å². The molecule has 1 atom stereocenters. The summed E-state index contributed by atoms with van der Waals surface area (Å²) in [6.07, 6.45) is 0.00458. The number of amides is 2. The van der Waals surface area contributed by atoms with E-state index >= 15 is 0 Å². The molecule has 1 fully saturated rings. The average Bonchev–Trinajstić information content (AvgIpc) is 2.46. The zero-order valence-electron chi connectivity index (χ0n) is 10.5. The second-order valence-corrected chi connectivity index (χ2v) is 4.22. The molecule has 3 N–H and O–H groups in total. The lowest BCUT2D eigenvalue weighted by Crippen LogP contribution is -2.45. The fourth-order valence-corrected chi connectivity index (χ4v) is 1.80. The van der Waals surface area contributed by atoms with Crippen molar-refractivity contribution in [2.45, 2.75) is 6.10 Å². The molecule has 1 aromatic carbocycles. The lowest BCUT2D eigenvalue weighted by Gasteiger charge is -2.23. The van der Waals surface area contributed by atoms with Crippen molar-refractivity contribution in [3.63, 3.8) is 0 Å². The van der Waals surface area contributed by atoms with Crippen LogP contribution in [0.2, 0.25) is 0 Å². The van der Waals surface area contributed by atoms with E-state index in [4.69, 9.17) is 10.00 Å². The number of urea groups is 1. The smallest absolute Gasteiger partial charge is 0.319 e. The number of nitriles is 1. The van der Waals surface area contributed by atoms with Crippen LogP contribution in [0, 0.1) is 11.3 Å². The van der Waals surface area contributed by atoms with Crippen LogP contribution in [-0.2, 0) is 4.74 Å². The monoisotopic (exact) mass is 260 g/mol. The van der Waals surface area contributed by atoms with E-state index in [2.05, 4.69) is 16.0 Å². The van der Waals surface area contributed by atoms with Gasteiger partial charge in [0.15, 0.2) is 0 Å². The van der Waals surface area contributed by atoms with Gasteiger partial charge in [-0.3, -0.25) is 0 Å². The van der Waals surface area contributed by atoms with Gasteiger partial charge in [-0.1, -0.05) is 6.07 Å². The molecule has 0 bridgehead atoms. The van der Waals surface area contributed by atoms with Crippen molar-refractivity contribution < 1.29 is 9.53 Å². The summed E-state index contributed by atoms with van der Waals surface area (Å²) in [6, 6.07) is 8.49. The lowest BCUT2D eigenvalue weighted by molar-refractivity contribution is 0.0310. The maximum absolute atomic E-state index is 11.7. The predicted molar refractivity (Wildman–Crippen MR) is 70.8 cm³/mol. The molecule has 1 saturated heterocycles. The third-order valence-electron chi connectivity index (χ3n) is 2.74. The van der Waals surface area contributed by atoms with Gasteiger partial charge in [-0.15, -0.1) is 0 Å². The van der Waals surface area contributed by atoms with Gasteiger partial charge >= 0.3 is 6.03 Å². The van der Waals surface area contributed by atoms with Crippen LogP contribution in [0.1, 0.15) is 5.56 Å². The Bertz CT molecular complexity index is 478. The number of carbonyl (C=O) groups is 1. The average molecular weight is 260 g/mol. The highest BCUT2D eigenvalue weighted by Gasteiger charge is 2.14. The second-order valence-electron chi connectivity index (χ2n) is 4.22. The van der Waals surface area contributed by atoms with Gasteiger partial charge in [-0.05, 0) is 18.2 Å². The van der Waals surface area contributed by atoms with E-state index in [0.717, 1.165) is 13.1 Å². The van der Waals surface area contributed by atoms with Gasteiger partial charge in [0.05, 0.1) is 24.3 Å². The van der Waals surface area contributed by atoms with Crippen LogP contribution in [0.3, 0.4) is 0 Å². The van der Waals surface area contributed by atoms with Crippen LogP contribution in [0.4, 0.5) is 10.5 Å². The van der Waals surface area contributed by atoms with Crippen LogP contribution < -0.4 is 16.0 Å². The number of carbonyl (C=O) groups excluding carboxylic acids is 1. The Balaban J connectivity index is 1.78. The number of nitrogens with zero attached hydrogens (tertiary/aromatic N) is 1. The second kappa shape index (κ2) is 6.73. The fourth-order valence-electron chi connectivity index (χ4n) is 1.80. The lowest BCUT2D eigenvalue weighted by atomic mass is 10.2. The van der Waals surface area contributed by atoms with Crippen molar-refractivity contribution in [2.24, 2.45) is 0 Å². The van der Waals surface area contributed by atoms with Gasteiger partial charge in [-0.25, -0.2) is 4.79 Å². The van der Waals surface area contributed by atoms with Gasteiger partial charge < -0.3 is 20.7 Å².